The second kappa shape index (κ2) is 5.14. The predicted octanol–water partition coefficient (Wildman–Crippen LogP) is 2.67. The van der Waals surface area contributed by atoms with Gasteiger partial charge in [0, 0.05) is 21.2 Å². The smallest absolute Gasteiger partial charge is 0.226 e. The van der Waals surface area contributed by atoms with Crippen molar-refractivity contribution in [3.05, 3.63) is 27.3 Å². The summed E-state index contributed by atoms with van der Waals surface area (Å²) in [7, 11) is 0. The van der Waals surface area contributed by atoms with E-state index < -0.39 is 5.54 Å². The molecule has 1 aromatic carbocycles. The molecule has 0 fully saturated rings. The summed E-state index contributed by atoms with van der Waals surface area (Å²) in [5, 5.41) is 2.84. The summed E-state index contributed by atoms with van der Waals surface area (Å²) in [5.41, 5.74) is 7.34. The van der Waals surface area contributed by atoms with Crippen LogP contribution in [0, 0.1) is 10.5 Å². The maximum absolute atomic E-state index is 11.6. The Hall–Kier alpha value is -0.620. The predicted molar refractivity (Wildman–Crippen MR) is 75.4 cm³/mol. The van der Waals surface area contributed by atoms with Gasteiger partial charge in [0.1, 0.15) is 0 Å². The third-order valence-electron chi connectivity index (χ3n) is 2.07. The minimum atomic E-state index is -0.470. The number of rotatable bonds is 3. The molecule has 1 aromatic rings. The fourth-order valence-electron chi connectivity index (χ4n) is 1.29. The number of halogens is 1. The monoisotopic (exact) mass is 332 g/mol. The zero-order valence-corrected chi connectivity index (χ0v) is 12.0. The molecule has 3 N–H and O–H groups in total. The van der Waals surface area contributed by atoms with Gasteiger partial charge in [-0.05, 0) is 61.1 Å². The van der Waals surface area contributed by atoms with Gasteiger partial charge >= 0.3 is 0 Å². The molecule has 0 heterocycles. The molecule has 88 valence electrons. The fraction of sp³-hybridized carbons (Fsp3) is 0.417. The van der Waals surface area contributed by atoms with Gasteiger partial charge in [0.25, 0.3) is 0 Å². The lowest BCUT2D eigenvalue weighted by Crippen LogP contribution is -2.36. The summed E-state index contributed by atoms with van der Waals surface area (Å²) >= 11 is 2.25. The molecule has 4 heteroatoms. The highest BCUT2D eigenvalue weighted by atomic mass is 127. The lowest BCUT2D eigenvalue weighted by molar-refractivity contribution is -0.117. The maximum Gasteiger partial charge on any atom is 0.226 e. The number of benzene rings is 1. The molecule has 0 aliphatic carbocycles. The standard InChI is InChI=1S/C12H17IN2O/c1-8-4-5-9(6-10(8)13)15-11(16)7-12(2,3)14/h4-6H,7,14H2,1-3H3,(H,15,16). The van der Waals surface area contributed by atoms with E-state index in [4.69, 9.17) is 5.73 Å². The van der Waals surface area contributed by atoms with Crippen molar-refractivity contribution >= 4 is 34.2 Å². The van der Waals surface area contributed by atoms with Crippen molar-refractivity contribution in [1.29, 1.82) is 0 Å². The number of nitrogens with one attached hydrogen (secondary N) is 1. The van der Waals surface area contributed by atoms with E-state index >= 15 is 0 Å². The van der Waals surface area contributed by atoms with E-state index in [9.17, 15) is 4.79 Å². The largest absolute Gasteiger partial charge is 0.326 e. The van der Waals surface area contributed by atoms with E-state index in [2.05, 4.69) is 27.9 Å². The molecular formula is C12H17IN2O. The molecule has 0 aliphatic heterocycles. The average molecular weight is 332 g/mol. The van der Waals surface area contributed by atoms with Crippen LogP contribution in [0.5, 0.6) is 0 Å². The van der Waals surface area contributed by atoms with E-state index in [0.29, 0.717) is 6.42 Å². The molecule has 16 heavy (non-hydrogen) atoms. The molecule has 0 aliphatic rings. The highest BCUT2D eigenvalue weighted by Crippen LogP contribution is 2.17. The van der Waals surface area contributed by atoms with Gasteiger partial charge in [0.2, 0.25) is 5.91 Å². The van der Waals surface area contributed by atoms with Gasteiger partial charge < -0.3 is 11.1 Å². The normalized spacial score (nSPS) is 11.3. The number of hydrogen-bond donors (Lipinski definition) is 2. The molecule has 0 saturated carbocycles. The Morgan fingerprint density at radius 1 is 1.50 bits per heavy atom. The molecule has 0 spiro atoms. The first kappa shape index (κ1) is 13.4. The maximum atomic E-state index is 11.6. The second-order valence-corrected chi connectivity index (χ2v) is 5.84. The number of amides is 1. The topological polar surface area (TPSA) is 55.1 Å². The Kier molecular flexibility index (Phi) is 4.32. The molecule has 0 unspecified atom stereocenters. The van der Waals surface area contributed by atoms with Crippen molar-refractivity contribution in [2.24, 2.45) is 5.73 Å². The van der Waals surface area contributed by atoms with E-state index in [-0.39, 0.29) is 5.91 Å². The van der Waals surface area contributed by atoms with Crippen molar-refractivity contribution in [1.82, 2.24) is 0 Å². The molecule has 0 saturated heterocycles. The van der Waals surface area contributed by atoms with Crippen molar-refractivity contribution in [3.8, 4) is 0 Å². The van der Waals surface area contributed by atoms with Crippen LogP contribution in [0.3, 0.4) is 0 Å². The van der Waals surface area contributed by atoms with Gasteiger partial charge in [-0.3, -0.25) is 4.79 Å². The van der Waals surface area contributed by atoms with Crippen molar-refractivity contribution in [2.75, 3.05) is 5.32 Å². The Balaban J connectivity index is 2.67. The van der Waals surface area contributed by atoms with Gasteiger partial charge in [-0.2, -0.15) is 0 Å². The van der Waals surface area contributed by atoms with Crippen LogP contribution in [0.1, 0.15) is 25.8 Å². The van der Waals surface area contributed by atoms with Gasteiger partial charge in [0.05, 0.1) is 0 Å². The Labute approximate surface area is 110 Å². The van der Waals surface area contributed by atoms with Crippen molar-refractivity contribution < 1.29 is 4.79 Å². The van der Waals surface area contributed by atoms with E-state index in [1.165, 1.54) is 5.56 Å². The molecule has 3 nitrogen and oxygen atoms in total. The first-order valence-corrected chi connectivity index (χ1v) is 6.21. The van der Waals surface area contributed by atoms with E-state index in [0.717, 1.165) is 9.26 Å². The van der Waals surface area contributed by atoms with Crippen LogP contribution in [0.4, 0.5) is 5.69 Å². The quantitative estimate of drug-likeness (QED) is 0.836. The second-order valence-electron chi connectivity index (χ2n) is 4.68. The number of carbonyl (C=O) groups excluding carboxylic acids is 1. The highest BCUT2D eigenvalue weighted by Gasteiger charge is 2.16. The average Bonchev–Trinajstić information content (AvgIpc) is 2.08. The van der Waals surface area contributed by atoms with E-state index in [1.807, 2.05) is 39.0 Å². The lowest BCUT2D eigenvalue weighted by atomic mass is 10.0. The number of carbonyl (C=O) groups is 1. The molecule has 0 aromatic heterocycles. The lowest BCUT2D eigenvalue weighted by Gasteiger charge is -2.17. The van der Waals surface area contributed by atoms with Crippen molar-refractivity contribution in [3.63, 3.8) is 0 Å². The zero-order chi connectivity index (χ0) is 12.3. The minimum Gasteiger partial charge on any atom is -0.326 e. The summed E-state index contributed by atoms with van der Waals surface area (Å²) in [4.78, 5) is 11.6. The van der Waals surface area contributed by atoms with Crippen LogP contribution < -0.4 is 11.1 Å². The van der Waals surface area contributed by atoms with Gasteiger partial charge in [-0.15, -0.1) is 0 Å². The summed E-state index contributed by atoms with van der Waals surface area (Å²) in [5.74, 6) is -0.0489. The zero-order valence-electron chi connectivity index (χ0n) is 9.80. The van der Waals surface area contributed by atoms with Crippen molar-refractivity contribution in [2.45, 2.75) is 32.7 Å². The number of hydrogen-bond acceptors (Lipinski definition) is 2. The number of aryl methyl sites for hydroxylation is 1. The molecule has 0 radical (unpaired) electrons. The SMILES string of the molecule is Cc1ccc(NC(=O)CC(C)(C)N)cc1I. The Morgan fingerprint density at radius 2 is 2.12 bits per heavy atom. The Bertz CT molecular complexity index is 396. The molecule has 0 atom stereocenters. The van der Waals surface area contributed by atoms with Gasteiger partial charge in [-0.25, -0.2) is 0 Å². The minimum absolute atomic E-state index is 0.0489. The van der Waals surface area contributed by atoms with Crippen LogP contribution in [0.2, 0.25) is 0 Å². The molecule has 0 bridgehead atoms. The summed E-state index contributed by atoms with van der Waals surface area (Å²) in [6, 6.07) is 5.85. The summed E-state index contributed by atoms with van der Waals surface area (Å²) < 4.78 is 1.14. The number of nitrogens with two attached hydrogens (primary N) is 1. The van der Waals surface area contributed by atoms with Gasteiger partial charge in [-0.1, -0.05) is 6.07 Å². The van der Waals surface area contributed by atoms with Crippen LogP contribution in [-0.4, -0.2) is 11.4 Å². The third kappa shape index (κ3) is 4.49. The van der Waals surface area contributed by atoms with E-state index in [1.54, 1.807) is 0 Å². The molecule has 1 amide bonds. The molecular weight excluding hydrogens is 315 g/mol. The number of anilines is 1. The first-order valence-electron chi connectivity index (χ1n) is 5.13. The summed E-state index contributed by atoms with van der Waals surface area (Å²) in [6.07, 6.45) is 0.317. The third-order valence-corrected chi connectivity index (χ3v) is 3.23. The Morgan fingerprint density at radius 3 is 2.62 bits per heavy atom. The molecule has 1 rings (SSSR count). The first-order chi connectivity index (χ1) is 7.28. The van der Waals surface area contributed by atoms with Crippen LogP contribution in [0.15, 0.2) is 18.2 Å². The van der Waals surface area contributed by atoms with Crippen LogP contribution in [0.25, 0.3) is 0 Å². The highest BCUT2D eigenvalue weighted by molar-refractivity contribution is 14.1. The van der Waals surface area contributed by atoms with Crippen LogP contribution in [-0.2, 0) is 4.79 Å². The van der Waals surface area contributed by atoms with Gasteiger partial charge in [0.15, 0.2) is 0 Å². The summed E-state index contributed by atoms with van der Waals surface area (Å²) in [6.45, 7) is 5.72. The fourth-order valence-corrected chi connectivity index (χ4v) is 1.80. The van der Waals surface area contributed by atoms with Crippen LogP contribution >= 0.6 is 22.6 Å².